The molecule has 0 saturated heterocycles. The third kappa shape index (κ3) is 3.71. The van der Waals surface area contributed by atoms with Crippen molar-refractivity contribution in [3.63, 3.8) is 0 Å². The van der Waals surface area contributed by atoms with Crippen LogP contribution in [0.4, 0.5) is 0 Å². The second-order valence-corrected chi connectivity index (χ2v) is 4.56. The smallest absolute Gasteiger partial charge is 0.213 e. The summed E-state index contributed by atoms with van der Waals surface area (Å²) in [5.74, 6) is 1.37. The van der Waals surface area contributed by atoms with Crippen LogP contribution in [0.2, 0.25) is 0 Å². The van der Waals surface area contributed by atoms with Gasteiger partial charge in [-0.25, -0.2) is 0 Å². The maximum Gasteiger partial charge on any atom is 0.213 e. The predicted octanol–water partition coefficient (Wildman–Crippen LogP) is 1.67. The molecule has 0 aliphatic heterocycles. The standard InChI is InChI=1S/C12H18N4O/c1-10(2)5-13-6-11-3-4-16(7-11)8-12-14-9-17-15-12/h3-4,7,9-10,13H,5-6,8H2,1-2H3. The first kappa shape index (κ1) is 11.9. The first-order chi connectivity index (χ1) is 8.24. The SMILES string of the molecule is CC(C)CNCc1ccn(Cc2ncon2)c1. The fourth-order valence-corrected chi connectivity index (χ4v) is 1.62. The van der Waals surface area contributed by atoms with Gasteiger partial charge >= 0.3 is 0 Å². The average molecular weight is 234 g/mol. The fraction of sp³-hybridized carbons (Fsp3) is 0.500. The second-order valence-electron chi connectivity index (χ2n) is 4.56. The van der Waals surface area contributed by atoms with Gasteiger partial charge in [-0.1, -0.05) is 19.0 Å². The molecule has 0 amide bonds. The molecule has 17 heavy (non-hydrogen) atoms. The second kappa shape index (κ2) is 5.63. The van der Waals surface area contributed by atoms with Crippen molar-refractivity contribution in [3.8, 4) is 0 Å². The molecule has 0 unspecified atom stereocenters. The van der Waals surface area contributed by atoms with Crippen LogP contribution in [0.25, 0.3) is 0 Å². The monoisotopic (exact) mass is 234 g/mol. The lowest BCUT2D eigenvalue weighted by Crippen LogP contribution is -2.18. The van der Waals surface area contributed by atoms with Gasteiger partial charge in [-0.3, -0.25) is 0 Å². The van der Waals surface area contributed by atoms with E-state index in [1.54, 1.807) is 0 Å². The summed E-state index contributed by atoms with van der Waals surface area (Å²) in [5.41, 5.74) is 1.27. The van der Waals surface area contributed by atoms with Crippen molar-refractivity contribution >= 4 is 0 Å². The van der Waals surface area contributed by atoms with Crippen molar-refractivity contribution in [3.05, 3.63) is 36.2 Å². The third-order valence-corrected chi connectivity index (χ3v) is 2.42. The van der Waals surface area contributed by atoms with Crippen LogP contribution >= 0.6 is 0 Å². The molecule has 2 aromatic heterocycles. The highest BCUT2D eigenvalue weighted by atomic mass is 16.5. The molecule has 5 heteroatoms. The molecule has 0 aliphatic carbocycles. The minimum Gasteiger partial charge on any atom is -0.346 e. The van der Waals surface area contributed by atoms with Crippen LogP contribution in [0, 0.1) is 5.92 Å². The zero-order valence-corrected chi connectivity index (χ0v) is 10.3. The van der Waals surface area contributed by atoms with Gasteiger partial charge in [0.25, 0.3) is 0 Å². The normalized spacial score (nSPS) is 11.2. The zero-order chi connectivity index (χ0) is 12.1. The number of hydrogen-bond acceptors (Lipinski definition) is 4. The van der Waals surface area contributed by atoms with E-state index in [1.165, 1.54) is 12.0 Å². The molecule has 2 aromatic rings. The van der Waals surface area contributed by atoms with Crippen LogP contribution in [-0.4, -0.2) is 21.3 Å². The first-order valence-electron chi connectivity index (χ1n) is 5.84. The molecule has 0 aromatic carbocycles. The Bertz CT molecular complexity index is 433. The summed E-state index contributed by atoms with van der Waals surface area (Å²) in [6.45, 7) is 7.00. The summed E-state index contributed by atoms with van der Waals surface area (Å²) in [6.07, 6.45) is 5.48. The summed E-state index contributed by atoms with van der Waals surface area (Å²) in [5, 5.41) is 7.19. The van der Waals surface area contributed by atoms with Crippen molar-refractivity contribution in [2.75, 3.05) is 6.54 Å². The lowest BCUT2D eigenvalue weighted by Gasteiger charge is -2.05. The van der Waals surface area contributed by atoms with E-state index < -0.39 is 0 Å². The summed E-state index contributed by atoms with van der Waals surface area (Å²) in [7, 11) is 0. The molecule has 92 valence electrons. The Morgan fingerprint density at radius 3 is 3.06 bits per heavy atom. The van der Waals surface area contributed by atoms with Crippen LogP contribution in [0.5, 0.6) is 0 Å². The number of hydrogen-bond donors (Lipinski definition) is 1. The highest BCUT2D eigenvalue weighted by molar-refractivity contribution is 5.10. The van der Waals surface area contributed by atoms with Gasteiger partial charge in [0.05, 0.1) is 6.54 Å². The Morgan fingerprint density at radius 1 is 1.47 bits per heavy atom. The van der Waals surface area contributed by atoms with Gasteiger partial charge in [0.2, 0.25) is 6.39 Å². The van der Waals surface area contributed by atoms with Crippen molar-refractivity contribution < 1.29 is 4.52 Å². The van der Waals surface area contributed by atoms with E-state index in [9.17, 15) is 0 Å². The highest BCUT2D eigenvalue weighted by Crippen LogP contribution is 2.03. The van der Waals surface area contributed by atoms with E-state index in [0.717, 1.165) is 13.1 Å². The molecule has 0 radical (unpaired) electrons. The average Bonchev–Trinajstić information content (AvgIpc) is 2.90. The highest BCUT2D eigenvalue weighted by Gasteiger charge is 2.01. The summed E-state index contributed by atoms with van der Waals surface area (Å²) >= 11 is 0. The Balaban J connectivity index is 1.83. The van der Waals surface area contributed by atoms with Crippen LogP contribution in [0.1, 0.15) is 25.2 Å². The Kier molecular flexibility index (Phi) is 3.93. The van der Waals surface area contributed by atoms with E-state index in [2.05, 4.69) is 46.1 Å². The lowest BCUT2D eigenvalue weighted by atomic mass is 10.2. The fourth-order valence-electron chi connectivity index (χ4n) is 1.62. The molecule has 0 spiro atoms. The quantitative estimate of drug-likeness (QED) is 0.826. The van der Waals surface area contributed by atoms with Gasteiger partial charge in [-0.15, -0.1) is 0 Å². The molecule has 0 bridgehead atoms. The van der Waals surface area contributed by atoms with E-state index >= 15 is 0 Å². The Hall–Kier alpha value is -1.62. The van der Waals surface area contributed by atoms with E-state index in [-0.39, 0.29) is 0 Å². The van der Waals surface area contributed by atoms with Crippen molar-refractivity contribution in [2.24, 2.45) is 5.92 Å². The van der Waals surface area contributed by atoms with E-state index in [1.807, 2.05) is 6.20 Å². The minimum atomic E-state index is 0.653. The van der Waals surface area contributed by atoms with E-state index in [4.69, 9.17) is 4.52 Å². The summed E-state index contributed by atoms with van der Waals surface area (Å²) < 4.78 is 6.75. The largest absolute Gasteiger partial charge is 0.346 e. The van der Waals surface area contributed by atoms with Crippen LogP contribution in [-0.2, 0) is 13.1 Å². The van der Waals surface area contributed by atoms with Crippen LogP contribution < -0.4 is 5.32 Å². The number of aromatic nitrogens is 3. The molecular weight excluding hydrogens is 216 g/mol. The summed E-state index contributed by atoms with van der Waals surface area (Å²) in [4.78, 5) is 3.99. The molecule has 1 N–H and O–H groups in total. The molecule has 0 saturated carbocycles. The minimum absolute atomic E-state index is 0.653. The number of nitrogens with one attached hydrogen (secondary N) is 1. The first-order valence-corrected chi connectivity index (χ1v) is 5.84. The van der Waals surface area contributed by atoms with Crippen molar-refractivity contribution in [1.29, 1.82) is 0 Å². The third-order valence-electron chi connectivity index (χ3n) is 2.42. The van der Waals surface area contributed by atoms with Gasteiger partial charge in [0, 0.05) is 18.9 Å². The van der Waals surface area contributed by atoms with Crippen molar-refractivity contribution in [1.82, 2.24) is 20.0 Å². The molecule has 2 heterocycles. The van der Waals surface area contributed by atoms with Gasteiger partial charge in [-0.05, 0) is 24.1 Å². The molecule has 5 nitrogen and oxygen atoms in total. The van der Waals surface area contributed by atoms with Crippen molar-refractivity contribution in [2.45, 2.75) is 26.9 Å². The maximum absolute atomic E-state index is 4.70. The van der Waals surface area contributed by atoms with E-state index in [0.29, 0.717) is 18.3 Å². The Labute approximate surface area is 101 Å². The lowest BCUT2D eigenvalue weighted by molar-refractivity contribution is 0.408. The van der Waals surface area contributed by atoms with Gasteiger partial charge in [0.15, 0.2) is 5.82 Å². The Morgan fingerprint density at radius 2 is 2.35 bits per heavy atom. The summed E-state index contributed by atoms with van der Waals surface area (Å²) in [6, 6.07) is 2.10. The van der Waals surface area contributed by atoms with Gasteiger partial charge in [0.1, 0.15) is 0 Å². The zero-order valence-electron chi connectivity index (χ0n) is 10.3. The topological polar surface area (TPSA) is 55.9 Å². The molecule has 0 aliphatic rings. The van der Waals surface area contributed by atoms with Gasteiger partial charge in [-0.2, -0.15) is 4.98 Å². The number of rotatable bonds is 6. The van der Waals surface area contributed by atoms with Crippen LogP contribution in [0.3, 0.4) is 0 Å². The van der Waals surface area contributed by atoms with Gasteiger partial charge < -0.3 is 14.4 Å². The molecule has 0 atom stereocenters. The molecular formula is C12H18N4O. The molecule has 2 rings (SSSR count). The van der Waals surface area contributed by atoms with Crippen LogP contribution in [0.15, 0.2) is 29.4 Å². The number of nitrogens with zero attached hydrogens (tertiary/aromatic N) is 3. The predicted molar refractivity (Wildman–Crippen MR) is 64.4 cm³/mol. The maximum atomic E-state index is 4.70. The molecule has 0 fully saturated rings.